The summed E-state index contributed by atoms with van der Waals surface area (Å²) in [6, 6.07) is 9.46. The van der Waals surface area contributed by atoms with Crippen LogP contribution in [0.3, 0.4) is 0 Å². The molecule has 1 amide bonds. The lowest BCUT2D eigenvalue weighted by Gasteiger charge is -2.19. The first-order chi connectivity index (χ1) is 13.8. The maximum absolute atomic E-state index is 11.8. The Morgan fingerprint density at radius 1 is 1.31 bits per heavy atom. The fourth-order valence-electron chi connectivity index (χ4n) is 2.37. The van der Waals surface area contributed by atoms with Gasteiger partial charge in [-0.25, -0.2) is 14.8 Å². The zero-order valence-electron chi connectivity index (χ0n) is 16.5. The highest BCUT2D eigenvalue weighted by Crippen LogP contribution is 2.24. The first-order valence-electron chi connectivity index (χ1n) is 9.04. The molecule has 3 N–H and O–H groups in total. The highest BCUT2D eigenvalue weighted by atomic mass is 32.1. The van der Waals surface area contributed by atoms with Crippen molar-refractivity contribution in [2.24, 2.45) is 0 Å². The van der Waals surface area contributed by atoms with Gasteiger partial charge in [-0.2, -0.15) is 0 Å². The Balaban J connectivity index is 1.63. The number of hydrogen-bond acceptors (Lipinski definition) is 6. The van der Waals surface area contributed by atoms with Crippen LogP contribution in [0.5, 0.6) is 0 Å². The minimum atomic E-state index is -0.514. The minimum Gasteiger partial charge on any atom is -0.444 e. The molecular formula is C22H22N4O2S. The first kappa shape index (κ1) is 20.4. The number of aromatic nitrogens is 2. The number of carbonyl (C=O) groups is 1. The Morgan fingerprint density at radius 3 is 2.86 bits per heavy atom. The number of benzene rings is 1. The molecule has 2 heterocycles. The van der Waals surface area contributed by atoms with Crippen molar-refractivity contribution < 1.29 is 9.53 Å². The van der Waals surface area contributed by atoms with Crippen LogP contribution in [0.4, 0.5) is 10.6 Å². The van der Waals surface area contributed by atoms with Gasteiger partial charge in [-0.15, -0.1) is 11.3 Å². The quantitative estimate of drug-likeness (QED) is 0.631. The number of allylic oxidation sites excluding steroid dienone is 1. The first-order valence-corrected chi connectivity index (χ1v) is 9.86. The smallest absolute Gasteiger partial charge is 0.407 e. The van der Waals surface area contributed by atoms with Crippen molar-refractivity contribution in [3.05, 3.63) is 58.7 Å². The second-order valence-corrected chi connectivity index (χ2v) is 8.35. The summed E-state index contributed by atoms with van der Waals surface area (Å²) in [6.45, 7) is 5.90. The molecule has 148 valence electrons. The Bertz CT molecular complexity index is 1100. The Kier molecular flexibility index (Phi) is 6.15. The second-order valence-electron chi connectivity index (χ2n) is 7.28. The molecule has 2 aromatic heterocycles. The molecule has 0 bridgehead atoms. The zero-order valence-corrected chi connectivity index (χ0v) is 17.3. The molecule has 0 radical (unpaired) electrons. The summed E-state index contributed by atoms with van der Waals surface area (Å²) in [4.78, 5) is 20.4. The van der Waals surface area contributed by atoms with Crippen LogP contribution in [0.2, 0.25) is 0 Å². The van der Waals surface area contributed by atoms with Crippen LogP contribution in [0.15, 0.2) is 42.6 Å². The third kappa shape index (κ3) is 6.33. The van der Waals surface area contributed by atoms with Gasteiger partial charge in [0.2, 0.25) is 0 Å². The van der Waals surface area contributed by atoms with E-state index in [1.807, 2.05) is 51.1 Å². The summed E-state index contributed by atoms with van der Waals surface area (Å²) >= 11 is 1.57. The molecular weight excluding hydrogens is 384 g/mol. The van der Waals surface area contributed by atoms with Gasteiger partial charge in [0.25, 0.3) is 0 Å². The Morgan fingerprint density at radius 2 is 2.14 bits per heavy atom. The number of nitrogens with two attached hydrogens (primary N) is 1. The van der Waals surface area contributed by atoms with Crippen molar-refractivity contribution in [2.75, 3.05) is 5.73 Å². The monoisotopic (exact) mass is 406 g/mol. The average Bonchev–Trinajstić information content (AvgIpc) is 3.05. The van der Waals surface area contributed by atoms with Gasteiger partial charge in [0.05, 0.1) is 10.2 Å². The number of amides is 1. The van der Waals surface area contributed by atoms with Crippen LogP contribution in [0, 0.1) is 11.8 Å². The molecule has 3 aromatic rings. The lowest BCUT2D eigenvalue weighted by atomic mass is 10.2. The summed E-state index contributed by atoms with van der Waals surface area (Å²) in [6.07, 6.45) is 4.85. The van der Waals surface area contributed by atoms with Gasteiger partial charge in [0, 0.05) is 18.3 Å². The van der Waals surface area contributed by atoms with Crippen molar-refractivity contribution in [3.8, 4) is 11.8 Å². The predicted molar refractivity (Wildman–Crippen MR) is 117 cm³/mol. The number of alkyl carbamates (subject to hydrolysis) is 1. The van der Waals surface area contributed by atoms with Gasteiger partial charge in [-0.3, -0.25) is 0 Å². The van der Waals surface area contributed by atoms with Crippen LogP contribution in [0.1, 0.15) is 36.9 Å². The predicted octanol–water partition coefficient (Wildman–Crippen LogP) is 4.36. The number of pyridine rings is 1. The van der Waals surface area contributed by atoms with Crippen molar-refractivity contribution >= 4 is 39.5 Å². The summed E-state index contributed by atoms with van der Waals surface area (Å²) in [5.74, 6) is 6.44. The molecule has 0 saturated carbocycles. The molecule has 0 spiro atoms. The number of nitrogens with zero attached hydrogens (tertiary/aromatic N) is 2. The van der Waals surface area contributed by atoms with E-state index in [1.165, 1.54) is 0 Å². The summed E-state index contributed by atoms with van der Waals surface area (Å²) < 4.78 is 6.30. The average molecular weight is 407 g/mol. The molecule has 0 fully saturated rings. The molecule has 0 aliphatic heterocycles. The molecule has 0 aliphatic carbocycles. The molecule has 6 nitrogen and oxygen atoms in total. The largest absolute Gasteiger partial charge is 0.444 e. The maximum Gasteiger partial charge on any atom is 0.407 e. The van der Waals surface area contributed by atoms with Crippen LogP contribution < -0.4 is 11.1 Å². The third-order valence-corrected chi connectivity index (χ3v) is 4.60. The van der Waals surface area contributed by atoms with Crippen molar-refractivity contribution in [3.63, 3.8) is 0 Å². The van der Waals surface area contributed by atoms with E-state index in [0.29, 0.717) is 12.4 Å². The number of rotatable bonds is 3. The van der Waals surface area contributed by atoms with E-state index in [4.69, 9.17) is 10.5 Å². The minimum absolute atomic E-state index is 0.398. The SMILES string of the molecule is CC(C)(C)OC(=O)NCc1ccc2nc(/C=C/C#Cc3ccc(N)nc3)sc2c1. The van der Waals surface area contributed by atoms with E-state index in [9.17, 15) is 4.79 Å². The number of anilines is 1. The Labute approximate surface area is 173 Å². The number of ether oxygens (including phenoxy) is 1. The lowest BCUT2D eigenvalue weighted by Crippen LogP contribution is -2.32. The van der Waals surface area contributed by atoms with Crippen molar-refractivity contribution in [2.45, 2.75) is 32.9 Å². The van der Waals surface area contributed by atoms with Gasteiger partial charge < -0.3 is 15.8 Å². The van der Waals surface area contributed by atoms with Gasteiger partial charge in [-0.1, -0.05) is 17.9 Å². The van der Waals surface area contributed by atoms with Crippen LogP contribution in [0.25, 0.3) is 16.3 Å². The number of nitrogens with one attached hydrogen (secondary N) is 1. The van der Waals surface area contributed by atoms with Crippen LogP contribution in [-0.2, 0) is 11.3 Å². The fourth-order valence-corrected chi connectivity index (χ4v) is 3.31. The van der Waals surface area contributed by atoms with Crippen molar-refractivity contribution in [1.82, 2.24) is 15.3 Å². The summed E-state index contributed by atoms with van der Waals surface area (Å²) in [5.41, 5.74) is 7.74. The van der Waals surface area contributed by atoms with E-state index in [-0.39, 0.29) is 0 Å². The molecule has 0 atom stereocenters. The topological polar surface area (TPSA) is 90.1 Å². The van der Waals surface area contributed by atoms with Crippen LogP contribution in [-0.4, -0.2) is 21.7 Å². The number of nitrogen functional groups attached to an aromatic ring is 1. The van der Waals surface area contributed by atoms with Gasteiger partial charge in [0.15, 0.2) is 0 Å². The molecule has 0 aliphatic rings. The van der Waals surface area contributed by atoms with E-state index in [2.05, 4.69) is 27.1 Å². The number of thiazole rings is 1. The maximum atomic E-state index is 11.8. The summed E-state index contributed by atoms with van der Waals surface area (Å²) in [5, 5.41) is 3.63. The van der Waals surface area contributed by atoms with Crippen LogP contribution >= 0.6 is 11.3 Å². The number of hydrogen-bond donors (Lipinski definition) is 2. The third-order valence-electron chi connectivity index (χ3n) is 3.62. The Hall–Kier alpha value is -3.37. The number of fused-ring (bicyclic) bond motifs is 1. The molecule has 0 unspecified atom stereocenters. The van der Waals surface area contributed by atoms with E-state index < -0.39 is 11.7 Å². The van der Waals surface area contributed by atoms with E-state index in [1.54, 1.807) is 29.7 Å². The second kappa shape index (κ2) is 8.76. The fraction of sp³-hybridized carbons (Fsp3) is 0.227. The zero-order chi connectivity index (χ0) is 20.9. The number of carbonyl (C=O) groups excluding carboxylic acids is 1. The molecule has 1 aromatic carbocycles. The van der Waals surface area contributed by atoms with Gasteiger partial charge >= 0.3 is 6.09 Å². The molecule has 3 rings (SSSR count). The van der Waals surface area contributed by atoms with Gasteiger partial charge in [-0.05, 0) is 62.8 Å². The summed E-state index contributed by atoms with van der Waals surface area (Å²) in [7, 11) is 0. The molecule has 7 heteroatoms. The van der Waals surface area contributed by atoms with E-state index in [0.717, 1.165) is 26.4 Å². The highest BCUT2D eigenvalue weighted by Gasteiger charge is 2.15. The standard InChI is InChI=1S/C22H22N4O2S/c1-22(2,3)28-21(27)25-14-16-8-10-17-18(12-16)29-20(26-17)7-5-4-6-15-9-11-19(23)24-13-15/h5,7-13H,14H2,1-3H3,(H2,23,24)(H,25,27)/b7-5+. The highest BCUT2D eigenvalue weighted by molar-refractivity contribution is 7.19. The normalized spacial score (nSPS) is 11.3. The molecule has 0 saturated heterocycles. The van der Waals surface area contributed by atoms with Crippen molar-refractivity contribution in [1.29, 1.82) is 0 Å². The lowest BCUT2D eigenvalue weighted by molar-refractivity contribution is 0.0523. The van der Waals surface area contributed by atoms with E-state index >= 15 is 0 Å². The van der Waals surface area contributed by atoms with Gasteiger partial charge in [0.1, 0.15) is 16.4 Å². The molecule has 29 heavy (non-hydrogen) atoms.